The maximum absolute atomic E-state index is 10.9. The molecule has 0 amide bonds. The van der Waals surface area contributed by atoms with Crippen LogP contribution >= 0.6 is 0 Å². The Morgan fingerprint density at radius 2 is 1.85 bits per heavy atom. The molecule has 0 unspecified atom stereocenters. The monoisotopic (exact) mass is 271 g/mol. The fourth-order valence-electron chi connectivity index (χ4n) is 2.80. The van der Waals surface area contributed by atoms with Crippen molar-refractivity contribution in [2.24, 2.45) is 5.92 Å². The molecule has 0 bridgehead atoms. The van der Waals surface area contributed by atoms with E-state index in [4.69, 9.17) is 9.52 Å². The highest BCUT2D eigenvalue weighted by Crippen LogP contribution is 2.36. The Kier molecular flexibility index (Phi) is 3.54. The molecule has 1 fully saturated rings. The minimum Gasteiger partial charge on any atom is -0.481 e. The Morgan fingerprint density at radius 3 is 2.50 bits per heavy atom. The van der Waals surface area contributed by atoms with Gasteiger partial charge >= 0.3 is 5.97 Å². The van der Waals surface area contributed by atoms with Gasteiger partial charge in [0.05, 0.1) is 12.1 Å². The average Bonchev–Trinajstić information content (AvgIpc) is 2.98. The summed E-state index contributed by atoms with van der Waals surface area (Å²) in [5.74, 6) is 0.896. The summed E-state index contributed by atoms with van der Waals surface area (Å²) in [5, 5.41) is 9.01. The quantitative estimate of drug-likeness (QED) is 0.924. The first-order valence-corrected chi connectivity index (χ1v) is 6.98. The molecule has 4 nitrogen and oxygen atoms in total. The zero-order chi connectivity index (χ0) is 13.9. The van der Waals surface area contributed by atoms with Gasteiger partial charge in [0.1, 0.15) is 0 Å². The van der Waals surface area contributed by atoms with Gasteiger partial charge in [-0.15, -0.1) is 0 Å². The number of hydrogen-bond acceptors (Lipinski definition) is 3. The number of oxazole rings is 1. The van der Waals surface area contributed by atoms with Gasteiger partial charge < -0.3 is 9.52 Å². The zero-order valence-electron chi connectivity index (χ0n) is 11.2. The SMILES string of the molecule is O=C(O)C1CCC(c2ncc(-c3ccccc3)o2)CC1. The van der Waals surface area contributed by atoms with Crippen LogP contribution in [0, 0.1) is 5.92 Å². The predicted octanol–water partition coefficient (Wildman–Crippen LogP) is 3.70. The molecular weight excluding hydrogens is 254 g/mol. The number of aromatic nitrogens is 1. The van der Waals surface area contributed by atoms with Crippen molar-refractivity contribution in [3.8, 4) is 11.3 Å². The van der Waals surface area contributed by atoms with Crippen LogP contribution in [0.5, 0.6) is 0 Å². The highest BCUT2D eigenvalue weighted by molar-refractivity contribution is 5.70. The summed E-state index contributed by atoms with van der Waals surface area (Å²) in [5.41, 5.74) is 1.02. The summed E-state index contributed by atoms with van der Waals surface area (Å²) in [6.07, 6.45) is 4.86. The molecule has 0 atom stereocenters. The summed E-state index contributed by atoms with van der Waals surface area (Å²) in [7, 11) is 0. The highest BCUT2D eigenvalue weighted by atomic mass is 16.4. The van der Waals surface area contributed by atoms with Crippen LogP contribution in [0.4, 0.5) is 0 Å². The van der Waals surface area contributed by atoms with Gasteiger partial charge in [0.25, 0.3) is 0 Å². The van der Waals surface area contributed by atoms with Crippen molar-refractivity contribution in [3.05, 3.63) is 42.4 Å². The number of benzene rings is 1. The van der Waals surface area contributed by atoms with Crippen molar-refractivity contribution in [3.63, 3.8) is 0 Å². The van der Waals surface area contributed by atoms with E-state index in [0.717, 1.165) is 30.1 Å². The van der Waals surface area contributed by atoms with Crippen LogP contribution in [0.3, 0.4) is 0 Å². The second kappa shape index (κ2) is 5.49. The molecule has 20 heavy (non-hydrogen) atoms. The predicted molar refractivity (Wildman–Crippen MR) is 74.3 cm³/mol. The van der Waals surface area contributed by atoms with E-state index in [1.165, 1.54) is 0 Å². The van der Waals surface area contributed by atoms with E-state index in [1.54, 1.807) is 6.20 Å². The minimum atomic E-state index is -0.680. The van der Waals surface area contributed by atoms with Gasteiger partial charge in [0.15, 0.2) is 11.7 Å². The van der Waals surface area contributed by atoms with Gasteiger partial charge in [-0.3, -0.25) is 4.79 Å². The van der Waals surface area contributed by atoms with Crippen LogP contribution in [0.25, 0.3) is 11.3 Å². The molecule has 104 valence electrons. The standard InChI is InChI=1S/C16H17NO3/c18-16(19)13-8-6-12(7-9-13)15-17-10-14(20-15)11-4-2-1-3-5-11/h1-5,10,12-13H,6-9H2,(H,18,19). The summed E-state index contributed by atoms with van der Waals surface area (Å²) < 4.78 is 5.85. The Labute approximate surface area is 117 Å². The number of nitrogens with zero attached hydrogens (tertiary/aromatic N) is 1. The zero-order valence-corrected chi connectivity index (χ0v) is 11.2. The second-order valence-corrected chi connectivity index (χ2v) is 5.32. The molecule has 1 aromatic heterocycles. The molecule has 1 saturated carbocycles. The summed E-state index contributed by atoms with van der Waals surface area (Å²) >= 11 is 0. The van der Waals surface area contributed by atoms with E-state index >= 15 is 0 Å². The van der Waals surface area contributed by atoms with E-state index in [2.05, 4.69) is 4.98 Å². The van der Waals surface area contributed by atoms with Crippen molar-refractivity contribution in [1.82, 2.24) is 4.98 Å². The van der Waals surface area contributed by atoms with Gasteiger partial charge in [-0.1, -0.05) is 30.3 Å². The lowest BCUT2D eigenvalue weighted by Gasteiger charge is -2.23. The van der Waals surface area contributed by atoms with Gasteiger partial charge in [0.2, 0.25) is 0 Å². The van der Waals surface area contributed by atoms with E-state index < -0.39 is 5.97 Å². The Bertz CT molecular complexity index is 583. The largest absolute Gasteiger partial charge is 0.481 e. The van der Waals surface area contributed by atoms with Crippen molar-refractivity contribution in [2.75, 3.05) is 0 Å². The Hall–Kier alpha value is -2.10. The van der Waals surface area contributed by atoms with Gasteiger partial charge in [0, 0.05) is 11.5 Å². The lowest BCUT2D eigenvalue weighted by molar-refractivity contribution is -0.142. The molecule has 1 aliphatic carbocycles. The minimum absolute atomic E-state index is 0.199. The van der Waals surface area contributed by atoms with E-state index in [9.17, 15) is 4.79 Å². The highest BCUT2D eigenvalue weighted by Gasteiger charge is 2.29. The molecule has 0 spiro atoms. The normalized spacial score (nSPS) is 22.6. The number of hydrogen-bond donors (Lipinski definition) is 1. The molecule has 1 N–H and O–H groups in total. The van der Waals surface area contributed by atoms with Crippen LogP contribution in [0.1, 0.15) is 37.5 Å². The van der Waals surface area contributed by atoms with Crippen molar-refractivity contribution < 1.29 is 14.3 Å². The summed E-state index contributed by atoms with van der Waals surface area (Å²) in [6.45, 7) is 0. The molecule has 1 aliphatic rings. The Morgan fingerprint density at radius 1 is 1.15 bits per heavy atom. The number of aliphatic carboxylic acids is 1. The molecule has 3 rings (SSSR count). The number of carboxylic acid groups (broad SMARTS) is 1. The van der Waals surface area contributed by atoms with Crippen LogP contribution in [-0.2, 0) is 4.79 Å². The van der Waals surface area contributed by atoms with Gasteiger partial charge in [-0.25, -0.2) is 4.98 Å². The van der Waals surface area contributed by atoms with Crippen molar-refractivity contribution >= 4 is 5.97 Å². The fraction of sp³-hybridized carbons (Fsp3) is 0.375. The van der Waals surface area contributed by atoms with E-state index in [-0.39, 0.29) is 11.8 Å². The number of carbonyl (C=O) groups is 1. The van der Waals surface area contributed by atoms with Crippen LogP contribution < -0.4 is 0 Å². The third-order valence-electron chi connectivity index (χ3n) is 4.01. The van der Waals surface area contributed by atoms with Crippen LogP contribution in [-0.4, -0.2) is 16.1 Å². The molecule has 2 aromatic rings. The van der Waals surface area contributed by atoms with Crippen LogP contribution in [0.15, 0.2) is 40.9 Å². The molecule has 0 radical (unpaired) electrons. The summed E-state index contributed by atoms with van der Waals surface area (Å²) in [6, 6.07) is 9.89. The van der Waals surface area contributed by atoms with Crippen molar-refractivity contribution in [1.29, 1.82) is 0 Å². The lowest BCUT2D eigenvalue weighted by atomic mass is 9.82. The van der Waals surface area contributed by atoms with Crippen molar-refractivity contribution in [2.45, 2.75) is 31.6 Å². The number of rotatable bonds is 3. The second-order valence-electron chi connectivity index (χ2n) is 5.32. The summed E-state index contributed by atoms with van der Waals surface area (Å²) in [4.78, 5) is 15.3. The fourth-order valence-corrected chi connectivity index (χ4v) is 2.80. The molecule has 0 saturated heterocycles. The molecule has 1 aromatic carbocycles. The molecule has 0 aliphatic heterocycles. The molecule has 4 heteroatoms. The van der Waals surface area contributed by atoms with Crippen LogP contribution in [0.2, 0.25) is 0 Å². The average molecular weight is 271 g/mol. The van der Waals surface area contributed by atoms with E-state index in [1.807, 2.05) is 30.3 Å². The number of carboxylic acids is 1. The Balaban J connectivity index is 1.71. The van der Waals surface area contributed by atoms with Gasteiger partial charge in [-0.05, 0) is 25.7 Å². The molecule has 1 heterocycles. The lowest BCUT2D eigenvalue weighted by Crippen LogP contribution is -2.20. The first kappa shape index (κ1) is 12.9. The first-order valence-electron chi connectivity index (χ1n) is 6.98. The van der Waals surface area contributed by atoms with E-state index in [0.29, 0.717) is 12.8 Å². The third-order valence-corrected chi connectivity index (χ3v) is 4.01. The van der Waals surface area contributed by atoms with Gasteiger partial charge in [-0.2, -0.15) is 0 Å². The maximum atomic E-state index is 10.9. The topological polar surface area (TPSA) is 63.3 Å². The maximum Gasteiger partial charge on any atom is 0.306 e. The smallest absolute Gasteiger partial charge is 0.306 e. The molecular formula is C16H17NO3. The third kappa shape index (κ3) is 2.59. The first-order chi connectivity index (χ1) is 9.74.